The summed E-state index contributed by atoms with van der Waals surface area (Å²) in [5, 5.41) is 0. The zero-order valence-electron chi connectivity index (χ0n) is 12.1. The number of benzene rings is 1. The van der Waals surface area contributed by atoms with E-state index < -0.39 is 5.92 Å². The summed E-state index contributed by atoms with van der Waals surface area (Å²) < 4.78 is 5.54. The molecule has 0 heterocycles. The Kier molecular flexibility index (Phi) is 5.50. The van der Waals surface area contributed by atoms with Gasteiger partial charge < -0.3 is 4.74 Å². The van der Waals surface area contributed by atoms with Gasteiger partial charge >= 0.3 is 0 Å². The molecule has 0 N–H and O–H groups in total. The largest absolute Gasteiger partial charge is 0.489 e. The Hall–Kier alpha value is -2.16. The smallest absolute Gasteiger partial charge is 0.166 e. The molecule has 1 fully saturated rings. The molecule has 0 radical (unpaired) electrons. The van der Waals surface area contributed by atoms with Gasteiger partial charge in [0.15, 0.2) is 5.78 Å². The lowest BCUT2D eigenvalue weighted by atomic mass is 9.85. The van der Waals surface area contributed by atoms with E-state index in [-0.39, 0.29) is 11.6 Å². The Morgan fingerprint density at radius 3 is 2.90 bits per heavy atom. The Bertz CT molecular complexity index is 557. The highest BCUT2D eigenvalue weighted by molar-refractivity contribution is 6.09. The average Bonchev–Trinajstić information content (AvgIpc) is 2.52. The predicted molar refractivity (Wildman–Crippen MR) is 83.1 cm³/mol. The number of rotatable bonds is 6. The highest BCUT2D eigenvalue weighted by Crippen LogP contribution is 2.23. The minimum atomic E-state index is -0.448. The monoisotopic (exact) mass is 284 g/mol. The fourth-order valence-electron chi connectivity index (χ4n) is 2.47. The van der Waals surface area contributed by atoms with Gasteiger partial charge in [-0.1, -0.05) is 37.3 Å². The normalized spacial score (nSPS) is 18.7. The number of para-hydroxylation sites is 1. The van der Waals surface area contributed by atoms with Crippen LogP contribution in [0.5, 0.6) is 5.75 Å². The molecular formula is C18H20O3. The van der Waals surface area contributed by atoms with Crippen LogP contribution in [0.15, 0.2) is 43.0 Å². The Morgan fingerprint density at radius 1 is 1.33 bits per heavy atom. The number of ether oxygens (including phenoxy) is 1. The molecule has 1 unspecified atom stereocenters. The van der Waals surface area contributed by atoms with Gasteiger partial charge in [-0.15, -0.1) is 0 Å². The van der Waals surface area contributed by atoms with Crippen molar-refractivity contribution >= 4 is 17.6 Å². The first kappa shape index (κ1) is 15.2. The second-order valence-corrected chi connectivity index (χ2v) is 5.14. The minimum Gasteiger partial charge on any atom is -0.489 e. The van der Waals surface area contributed by atoms with Crippen molar-refractivity contribution in [2.45, 2.75) is 25.7 Å². The molecule has 1 saturated carbocycles. The van der Waals surface area contributed by atoms with Crippen LogP contribution in [-0.2, 0) is 9.59 Å². The van der Waals surface area contributed by atoms with Crippen LogP contribution < -0.4 is 4.74 Å². The number of Topliss-reactive ketones (excluding diaryl/α,β-unsaturated/α-hetero) is 1. The van der Waals surface area contributed by atoms with Crippen LogP contribution in [0.2, 0.25) is 0 Å². The summed E-state index contributed by atoms with van der Waals surface area (Å²) in [5.74, 6) is 0.234. The summed E-state index contributed by atoms with van der Waals surface area (Å²) in [6.07, 6.45) is 7.97. The van der Waals surface area contributed by atoms with Gasteiger partial charge in [0.25, 0.3) is 0 Å². The first-order chi connectivity index (χ1) is 10.2. The maximum absolute atomic E-state index is 12.1. The zero-order valence-corrected chi connectivity index (χ0v) is 12.1. The van der Waals surface area contributed by atoms with Crippen LogP contribution in [0.1, 0.15) is 31.2 Å². The van der Waals surface area contributed by atoms with Gasteiger partial charge in [-0.25, -0.2) is 0 Å². The van der Waals surface area contributed by atoms with Crippen molar-refractivity contribution in [3.05, 3.63) is 48.6 Å². The molecule has 3 nitrogen and oxygen atoms in total. The molecule has 0 amide bonds. The molecule has 1 atom stereocenters. The fraction of sp³-hybridized carbons (Fsp3) is 0.333. The lowest BCUT2D eigenvalue weighted by Gasteiger charge is -2.17. The first-order valence-electron chi connectivity index (χ1n) is 7.29. The predicted octanol–water partition coefficient (Wildman–Crippen LogP) is 3.59. The van der Waals surface area contributed by atoms with Gasteiger partial charge in [-0.2, -0.15) is 0 Å². The lowest BCUT2D eigenvalue weighted by Crippen LogP contribution is -2.25. The van der Waals surface area contributed by atoms with Crippen molar-refractivity contribution in [2.24, 2.45) is 5.92 Å². The number of hydrogen-bond donors (Lipinski definition) is 0. The standard InChI is InChI=1S/C18H20O3/c1-2-13-21-18-10-6-3-7-14(18)11-12-17(20)15-8-4-5-9-16(15)19/h2-3,6-7,10-12,15H,1,4-5,8-9,13H2/b12-11+. The number of carbonyl (C=O) groups is 2. The van der Waals surface area contributed by atoms with Gasteiger partial charge in [-0.3, -0.25) is 9.59 Å². The summed E-state index contributed by atoms with van der Waals surface area (Å²) in [4.78, 5) is 23.9. The summed E-state index contributed by atoms with van der Waals surface area (Å²) in [6, 6.07) is 7.49. The van der Waals surface area contributed by atoms with E-state index in [9.17, 15) is 9.59 Å². The van der Waals surface area contributed by atoms with Crippen molar-refractivity contribution in [1.82, 2.24) is 0 Å². The van der Waals surface area contributed by atoms with Crippen LogP contribution in [0.4, 0.5) is 0 Å². The summed E-state index contributed by atoms with van der Waals surface area (Å²) in [7, 11) is 0. The molecule has 2 rings (SSSR count). The van der Waals surface area contributed by atoms with E-state index in [0.717, 1.165) is 18.4 Å². The number of allylic oxidation sites excluding steroid dienone is 1. The molecule has 1 aromatic carbocycles. The second kappa shape index (κ2) is 7.58. The third-order valence-corrected chi connectivity index (χ3v) is 3.60. The zero-order chi connectivity index (χ0) is 15.1. The first-order valence-corrected chi connectivity index (χ1v) is 7.29. The van der Waals surface area contributed by atoms with Gasteiger partial charge in [0.2, 0.25) is 0 Å². The minimum absolute atomic E-state index is 0.0760. The average molecular weight is 284 g/mol. The lowest BCUT2D eigenvalue weighted by molar-refractivity contribution is -0.131. The number of hydrogen-bond acceptors (Lipinski definition) is 3. The van der Waals surface area contributed by atoms with Crippen LogP contribution in [0.25, 0.3) is 6.08 Å². The van der Waals surface area contributed by atoms with E-state index in [1.54, 1.807) is 12.2 Å². The molecule has 110 valence electrons. The molecule has 0 aromatic heterocycles. The third kappa shape index (κ3) is 4.15. The van der Waals surface area contributed by atoms with E-state index in [4.69, 9.17) is 4.74 Å². The molecule has 1 aliphatic rings. The number of ketones is 2. The van der Waals surface area contributed by atoms with Gasteiger partial charge in [-0.05, 0) is 31.1 Å². The summed E-state index contributed by atoms with van der Waals surface area (Å²) >= 11 is 0. The molecule has 3 heteroatoms. The molecule has 0 saturated heterocycles. The van der Waals surface area contributed by atoms with Crippen molar-refractivity contribution in [3.8, 4) is 5.75 Å². The van der Waals surface area contributed by atoms with E-state index in [1.165, 1.54) is 6.08 Å². The molecular weight excluding hydrogens is 264 g/mol. The molecule has 0 aliphatic heterocycles. The van der Waals surface area contributed by atoms with Crippen LogP contribution >= 0.6 is 0 Å². The number of carbonyl (C=O) groups excluding carboxylic acids is 2. The maximum Gasteiger partial charge on any atom is 0.166 e. The maximum atomic E-state index is 12.1. The van der Waals surface area contributed by atoms with Crippen LogP contribution in [0, 0.1) is 5.92 Å². The van der Waals surface area contributed by atoms with E-state index in [0.29, 0.717) is 25.2 Å². The Labute approximate surface area is 125 Å². The van der Waals surface area contributed by atoms with Gasteiger partial charge in [0.05, 0.1) is 5.92 Å². The van der Waals surface area contributed by atoms with E-state index >= 15 is 0 Å². The third-order valence-electron chi connectivity index (χ3n) is 3.60. The van der Waals surface area contributed by atoms with Crippen LogP contribution in [-0.4, -0.2) is 18.2 Å². The van der Waals surface area contributed by atoms with Crippen LogP contribution in [0.3, 0.4) is 0 Å². The topological polar surface area (TPSA) is 43.4 Å². The van der Waals surface area contributed by atoms with Crippen molar-refractivity contribution in [1.29, 1.82) is 0 Å². The molecule has 1 aliphatic carbocycles. The van der Waals surface area contributed by atoms with Gasteiger partial charge in [0.1, 0.15) is 18.1 Å². The van der Waals surface area contributed by atoms with Crippen molar-refractivity contribution in [2.75, 3.05) is 6.61 Å². The molecule has 0 bridgehead atoms. The van der Waals surface area contributed by atoms with E-state index in [1.807, 2.05) is 24.3 Å². The molecule has 1 aromatic rings. The highest BCUT2D eigenvalue weighted by Gasteiger charge is 2.26. The second-order valence-electron chi connectivity index (χ2n) is 5.14. The highest BCUT2D eigenvalue weighted by atomic mass is 16.5. The Morgan fingerprint density at radius 2 is 2.14 bits per heavy atom. The Balaban J connectivity index is 2.08. The molecule has 21 heavy (non-hydrogen) atoms. The quantitative estimate of drug-likeness (QED) is 0.455. The van der Waals surface area contributed by atoms with Crippen molar-refractivity contribution in [3.63, 3.8) is 0 Å². The van der Waals surface area contributed by atoms with Crippen molar-refractivity contribution < 1.29 is 14.3 Å². The summed E-state index contributed by atoms with van der Waals surface area (Å²) in [6.45, 7) is 4.03. The molecule has 0 spiro atoms. The van der Waals surface area contributed by atoms with Gasteiger partial charge in [0, 0.05) is 12.0 Å². The summed E-state index contributed by atoms with van der Waals surface area (Å²) in [5.41, 5.74) is 0.830. The van der Waals surface area contributed by atoms with E-state index in [2.05, 4.69) is 6.58 Å². The fourth-order valence-corrected chi connectivity index (χ4v) is 2.47. The SMILES string of the molecule is C=CCOc1ccccc1/C=C/C(=O)C1CCCCC1=O.